The van der Waals surface area contributed by atoms with E-state index in [1.54, 1.807) is 41.4 Å². The first-order valence-electron chi connectivity index (χ1n) is 12.0. The number of carbonyl (C=O) groups excluding carboxylic acids is 2. The maximum atomic E-state index is 13.5. The van der Waals surface area contributed by atoms with E-state index in [0.29, 0.717) is 36.0 Å². The predicted molar refractivity (Wildman–Crippen MR) is 132 cm³/mol. The van der Waals surface area contributed by atoms with E-state index < -0.39 is 11.4 Å². The molecule has 190 valence electrons. The molecule has 2 amide bonds. The molecular formula is C27H31FN4O4. The molecule has 4 rings (SSSR count). The monoisotopic (exact) mass is 494 g/mol. The number of likely N-dealkylation sites (tertiary alicyclic amines) is 1. The molecule has 3 heterocycles. The second kappa shape index (κ2) is 10.8. The summed E-state index contributed by atoms with van der Waals surface area (Å²) in [6.07, 6.45) is 4.62. The van der Waals surface area contributed by atoms with Gasteiger partial charge < -0.3 is 24.3 Å². The number of halogens is 1. The van der Waals surface area contributed by atoms with Crippen LogP contribution in [-0.2, 0) is 11.3 Å². The Morgan fingerprint density at radius 3 is 2.61 bits per heavy atom. The molecule has 1 aliphatic rings. The Bertz CT molecular complexity index is 1210. The summed E-state index contributed by atoms with van der Waals surface area (Å²) in [5.41, 5.74) is 0.678. The molecule has 1 aliphatic heterocycles. The molecule has 9 heteroatoms. The van der Waals surface area contributed by atoms with Gasteiger partial charge in [0.2, 0.25) is 5.88 Å². The Morgan fingerprint density at radius 1 is 1.11 bits per heavy atom. The highest BCUT2D eigenvalue weighted by Gasteiger charge is 2.28. The van der Waals surface area contributed by atoms with Crippen molar-refractivity contribution in [2.75, 3.05) is 13.1 Å². The number of piperidine rings is 1. The minimum Gasteiger partial charge on any atom is -0.444 e. The Kier molecular flexibility index (Phi) is 7.57. The molecular weight excluding hydrogens is 463 g/mol. The number of aromatic nitrogens is 2. The molecule has 0 unspecified atom stereocenters. The van der Waals surface area contributed by atoms with Crippen LogP contribution in [0.15, 0.2) is 60.9 Å². The minimum absolute atomic E-state index is 0.102. The Morgan fingerprint density at radius 2 is 1.89 bits per heavy atom. The lowest BCUT2D eigenvalue weighted by Gasteiger charge is -2.34. The van der Waals surface area contributed by atoms with Crippen LogP contribution >= 0.6 is 0 Å². The van der Waals surface area contributed by atoms with Gasteiger partial charge in [-0.05, 0) is 63.9 Å². The number of hydrogen-bond donors (Lipinski definition) is 1. The van der Waals surface area contributed by atoms with E-state index in [9.17, 15) is 14.0 Å². The van der Waals surface area contributed by atoms with Crippen molar-refractivity contribution in [1.82, 2.24) is 19.8 Å². The molecule has 0 aliphatic carbocycles. The van der Waals surface area contributed by atoms with Crippen molar-refractivity contribution in [2.24, 2.45) is 0 Å². The minimum atomic E-state index is -0.532. The van der Waals surface area contributed by atoms with Gasteiger partial charge in [0, 0.05) is 49.7 Å². The van der Waals surface area contributed by atoms with Gasteiger partial charge in [-0.15, -0.1) is 0 Å². The lowest BCUT2D eigenvalue weighted by molar-refractivity contribution is 0.0187. The summed E-state index contributed by atoms with van der Waals surface area (Å²) in [7, 11) is 0. The van der Waals surface area contributed by atoms with Crippen molar-refractivity contribution in [1.29, 1.82) is 0 Å². The molecule has 3 aromatic rings. The number of hydrogen-bond acceptors (Lipinski definition) is 5. The highest BCUT2D eigenvalue weighted by Crippen LogP contribution is 2.27. The van der Waals surface area contributed by atoms with E-state index in [2.05, 4.69) is 10.3 Å². The summed E-state index contributed by atoms with van der Waals surface area (Å²) in [6, 6.07) is 13.1. The van der Waals surface area contributed by atoms with Crippen molar-refractivity contribution in [2.45, 2.75) is 51.8 Å². The van der Waals surface area contributed by atoms with Crippen LogP contribution in [0.4, 0.5) is 9.18 Å². The van der Waals surface area contributed by atoms with Crippen LogP contribution in [0.3, 0.4) is 0 Å². The second-order valence-electron chi connectivity index (χ2n) is 9.71. The summed E-state index contributed by atoms with van der Waals surface area (Å²) >= 11 is 0. The van der Waals surface area contributed by atoms with Gasteiger partial charge in [-0.25, -0.2) is 14.2 Å². The second-order valence-corrected chi connectivity index (χ2v) is 9.71. The molecule has 1 aromatic carbocycles. The van der Waals surface area contributed by atoms with E-state index in [0.717, 1.165) is 12.8 Å². The number of rotatable bonds is 6. The van der Waals surface area contributed by atoms with E-state index >= 15 is 0 Å². The number of pyridine rings is 1. The quantitative estimate of drug-likeness (QED) is 0.502. The van der Waals surface area contributed by atoms with Gasteiger partial charge in [0.15, 0.2) is 0 Å². The third-order valence-electron chi connectivity index (χ3n) is 5.82. The lowest BCUT2D eigenvalue weighted by Crippen LogP contribution is -2.42. The zero-order chi connectivity index (χ0) is 25.7. The van der Waals surface area contributed by atoms with Crippen LogP contribution in [0.25, 0.3) is 0 Å². The molecule has 2 aromatic heterocycles. The molecule has 0 saturated carbocycles. The van der Waals surface area contributed by atoms with Gasteiger partial charge in [0.25, 0.3) is 5.91 Å². The average Bonchev–Trinajstić information content (AvgIpc) is 3.32. The normalized spacial score (nSPS) is 14.4. The number of benzene rings is 1. The molecule has 36 heavy (non-hydrogen) atoms. The van der Waals surface area contributed by atoms with Crippen molar-refractivity contribution in [3.05, 3.63) is 78.0 Å². The first kappa shape index (κ1) is 25.2. The number of amides is 2. The SMILES string of the molecule is CC(C)(C)OC(=O)N1CCC(n2cccc2C(=O)NCc2cccnc2Oc2cccc(F)c2)CC1. The van der Waals surface area contributed by atoms with E-state index in [4.69, 9.17) is 9.47 Å². The van der Waals surface area contributed by atoms with Crippen LogP contribution < -0.4 is 10.1 Å². The third kappa shape index (κ3) is 6.41. The van der Waals surface area contributed by atoms with Crippen molar-refractivity contribution < 1.29 is 23.5 Å². The standard InChI is InChI=1S/C27H31FN4O4/c1-27(2,3)36-26(34)31-15-11-21(12-16-31)32-14-6-10-23(32)24(33)30-18-19-7-5-13-29-25(19)35-22-9-4-8-20(28)17-22/h4-10,13-14,17,21H,11-12,15-16,18H2,1-3H3,(H,30,33). The largest absolute Gasteiger partial charge is 0.444 e. The summed E-state index contributed by atoms with van der Waals surface area (Å²) < 4.78 is 26.7. The smallest absolute Gasteiger partial charge is 0.410 e. The van der Waals surface area contributed by atoms with E-state index in [1.807, 2.05) is 37.6 Å². The van der Waals surface area contributed by atoms with Gasteiger partial charge in [0.05, 0.1) is 0 Å². The Hall–Kier alpha value is -3.88. The van der Waals surface area contributed by atoms with Crippen molar-refractivity contribution in [3.63, 3.8) is 0 Å². The number of nitrogens with zero attached hydrogens (tertiary/aromatic N) is 3. The van der Waals surface area contributed by atoms with Crippen LogP contribution in [0.1, 0.15) is 55.7 Å². The topological polar surface area (TPSA) is 85.7 Å². The van der Waals surface area contributed by atoms with Crippen LogP contribution in [-0.4, -0.2) is 45.1 Å². The van der Waals surface area contributed by atoms with Gasteiger partial charge in [-0.2, -0.15) is 0 Å². The van der Waals surface area contributed by atoms with Gasteiger partial charge in [-0.3, -0.25) is 4.79 Å². The van der Waals surface area contributed by atoms with E-state index in [1.165, 1.54) is 12.1 Å². The fourth-order valence-corrected chi connectivity index (χ4v) is 4.12. The molecule has 0 spiro atoms. The summed E-state index contributed by atoms with van der Waals surface area (Å²) in [5.74, 6) is -0.00715. The Labute approximate surface area is 210 Å². The first-order valence-corrected chi connectivity index (χ1v) is 12.0. The zero-order valence-electron chi connectivity index (χ0n) is 20.7. The molecule has 0 radical (unpaired) electrons. The van der Waals surface area contributed by atoms with Crippen molar-refractivity contribution >= 4 is 12.0 Å². The number of ether oxygens (including phenoxy) is 2. The highest BCUT2D eigenvalue weighted by atomic mass is 19.1. The van der Waals surface area contributed by atoms with Gasteiger partial charge in [0.1, 0.15) is 22.9 Å². The maximum Gasteiger partial charge on any atom is 0.410 e. The van der Waals surface area contributed by atoms with Crippen LogP contribution in [0.5, 0.6) is 11.6 Å². The molecule has 1 N–H and O–H groups in total. The number of nitrogens with one attached hydrogen (secondary N) is 1. The lowest BCUT2D eigenvalue weighted by atomic mass is 10.0. The zero-order valence-corrected chi connectivity index (χ0v) is 20.7. The maximum absolute atomic E-state index is 13.5. The number of carbonyl (C=O) groups is 2. The summed E-state index contributed by atoms with van der Waals surface area (Å²) in [5, 5.41) is 2.93. The van der Waals surface area contributed by atoms with E-state index in [-0.39, 0.29) is 24.6 Å². The molecule has 0 atom stereocenters. The average molecular weight is 495 g/mol. The Balaban J connectivity index is 1.37. The highest BCUT2D eigenvalue weighted by molar-refractivity contribution is 5.92. The van der Waals surface area contributed by atoms with Crippen molar-refractivity contribution in [3.8, 4) is 11.6 Å². The molecule has 1 saturated heterocycles. The van der Waals surface area contributed by atoms with Crippen LogP contribution in [0, 0.1) is 5.82 Å². The summed E-state index contributed by atoms with van der Waals surface area (Å²) in [4.78, 5) is 31.4. The fraction of sp³-hybridized carbons (Fsp3) is 0.370. The molecule has 0 bridgehead atoms. The van der Waals surface area contributed by atoms with Crippen LogP contribution in [0.2, 0.25) is 0 Å². The predicted octanol–water partition coefficient (Wildman–Crippen LogP) is 5.32. The fourth-order valence-electron chi connectivity index (χ4n) is 4.12. The van der Waals surface area contributed by atoms with Gasteiger partial charge >= 0.3 is 6.09 Å². The van der Waals surface area contributed by atoms with Gasteiger partial charge in [-0.1, -0.05) is 12.1 Å². The first-order chi connectivity index (χ1) is 17.2. The molecule has 8 nitrogen and oxygen atoms in total. The molecule has 1 fully saturated rings. The summed E-state index contributed by atoms with van der Waals surface area (Å²) in [6.45, 7) is 6.88. The third-order valence-corrected chi connectivity index (χ3v) is 5.82.